The molecule has 0 bridgehead atoms. The van der Waals surface area contributed by atoms with Crippen molar-refractivity contribution in [2.24, 2.45) is 5.41 Å². The molecule has 29 heavy (non-hydrogen) atoms. The molecule has 3 aromatic rings. The molecule has 1 aromatic carbocycles. The Kier molecular flexibility index (Phi) is 5.44. The second-order valence-electron chi connectivity index (χ2n) is 9.56. The summed E-state index contributed by atoms with van der Waals surface area (Å²) in [6.45, 7) is 14.6. The lowest BCUT2D eigenvalue weighted by Crippen LogP contribution is -2.36. The lowest BCUT2D eigenvalue weighted by molar-refractivity contribution is -0.131. The van der Waals surface area contributed by atoms with E-state index in [4.69, 9.17) is 9.72 Å². The number of ether oxygens (including phenoxy) is 1. The van der Waals surface area contributed by atoms with Gasteiger partial charge >= 0.3 is 5.97 Å². The van der Waals surface area contributed by atoms with Gasteiger partial charge < -0.3 is 10.1 Å². The maximum absolute atomic E-state index is 11.4. The molecular weight excluding hydrogens is 362 g/mol. The van der Waals surface area contributed by atoms with Gasteiger partial charge in [0.25, 0.3) is 0 Å². The Morgan fingerprint density at radius 2 is 1.86 bits per heavy atom. The molecule has 2 heterocycles. The van der Waals surface area contributed by atoms with E-state index in [0.717, 1.165) is 34.7 Å². The third-order valence-corrected chi connectivity index (χ3v) is 4.64. The number of carbonyl (C=O) groups is 1. The maximum Gasteiger partial charge on any atom is 0.308 e. The first-order valence-electron chi connectivity index (χ1n) is 10.00. The zero-order chi connectivity index (χ0) is 21.4. The summed E-state index contributed by atoms with van der Waals surface area (Å²) in [5.41, 5.74) is 3.81. The van der Waals surface area contributed by atoms with Gasteiger partial charge in [0.1, 0.15) is 22.9 Å². The minimum Gasteiger partial charge on any atom is -0.427 e. The fourth-order valence-corrected chi connectivity index (χ4v) is 4.09. The molecule has 5 heteroatoms. The molecule has 0 fully saturated rings. The van der Waals surface area contributed by atoms with Gasteiger partial charge in [-0.1, -0.05) is 39.0 Å². The van der Waals surface area contributed by atoms with Gasteiger partial charge in [0.05, 0.1) is 0 Å². The van der Waals surface area contributed by atoms with Crippen LogP contribution in [-0.2, 0) is 4.79 Å². The van der Waals surface area contributed by atoms with Crippen LogP contribution in [0.4, 0.5) is 5.82 Å². The summed E-state index contributed by atoms with van der Waals surface area (Å²) in [6.07, 6.45) is 3.02. The van der Waals surface area contributed by atoms with Crippen LogP contribution < -0.4 is 10.1 Å². The van der Waals surface area contributed by atoms with Crippen LogP contribution in [0.2, 0.25) is 0 Å². The van der Waals surface area contributed by atoms with E-state index in [0.29, 0.717) is 5.75 Å². The minimum atomic E-state index is -0.336. The number of nitrogens with zero attached hydrogens (tertiary/aromatic N) is 2. The number of hydrogen-bond acceptors (Lipinski definition) is 4. The molecule has 154 valence electrons. The fraction of sp³-hybridized carbons (Fsp3) is 0.417. The Bertz CT molecular complexity index is 1040. The Labute approximate surface area is 173 Å². The second-order valence-corrected chi connectivity index (χ2v) is 9.56. The van der Waals surface area contributed by atoms with Crippen LogP contribution in [-0.4, -0.2) is 20.9 Å². The molecule has 0 atom stereocenters. The van der Waals surface area contributed by atoms with Crippen molar-refractivity contribution in [3.63, 3.8) is 0 Å². The summed E-state index contributed by atoms with van der Waals surface area (Å²) in [7, 11) is 0. The van der Waals surface area contributed by atoms with Crippen LogP contribution in [0, 0.1) is 12.3 Å². The van der Waals surface area contributed by atoms with Gasteiger partial charge in [0.15, 0.2) is 0 Å². The quantitative estimate of drug-likeness (QED) is 0.436. The smallest absolute Gasteiger partial charge is 0.308 e. The van der Waals surface area contributed by atoms with Gasteiger partial charge in [0.2, 0.25) is 0 Å². The summed E-state index contributed by atoms with van der Waals surface area (Å²) in [5.74, 6) is 1.12. The Morgan fingerprint density at radius 3 is 2.52 bits per heavy atom. The average Bonchev–Trinajstić information content (AvgIpc) is 2.92. The number of aromatic nitrogens is 2. The molecule has 0 spiro atoms. The average molecular weight is 394 g/mol. The zero-order valence-corrected chi connectivity index (χ0v) is 18.5. The standard InChI is InChI=1S/C24H31N3O2/c1-16-10-9-13-27-21(16)25-20(18-11-8-12-19(14-18)29-17(2)28)22(27)26-24(6,7)15-23(3,4)5/h8-14,26H,15H2,1-7H3. The molecule has 0 amide bonds. The van der Waals surface area contributed by atoms with E-state index in [2.05, 4.69) is 57.3 Å². The van der Waals surface area contributed by atoms with Gasteiger partial charge in [-0.25, -0.2) is 4.98 Å². The van der Waals surface area contributed by atoms with E-state index in [1.54, 1.807) is 6.07 Å². The van der Waals surface area contributed by atoms with Crippen LogP contribution in [0.1, 0.15) is 53.5 Å². The third-order valence-electron chi connectivity index (χ3n) is 4.64. The highest BCUT2D eigenvalue weighted by atomic mass is 16.5. The van der Waals surface area contributed by atoms with Gasteiger partial charge in [-0.2, -0.15) is 0 Å². The third kappa shape index (κ3) is 4.97. The molecular formula is C24H31N3O2. The highest BCUT2D eigenvalue weighted by Crippen LogP contribution is 2.36. The number of rotatable bonds is 5. The fourth-order valence-electron chi connectivity index (χ4n) is 4.09. The summed E-state index contributed by atoms with van der Waals surface area (Å²) in [5, 5.41) is 3.75. The number of hydrogen-bond donors (Lipinski definition) is 1. The van der Waals surface area contributed by atoms with Crippen LogP contribution >= 0.6 is 0 Å². The molecule has 0 unspecified atom stereocenters. The maximum atomic E-state index is 11.4. The second kappa shape index (κ2) is 7.54. The molecule has 3 rings (SSSR count). The Balaban J connectivity index is 2.14. The first kappa shape index (κ1) is 20.9. The molecule has 2 aromatic heterocycles. The predicted molar refractivity (Wildman–Crippen MR) is 118 cm³/mol. The van der Waals surface area contributed by atoms with Gasteiger partial charge in [-0.05, 0) is 56.4 Å². The highest BCUT2D eigenvalue weighted by Gasteiger charge is 2.28. The Hall–Kier alpha value is -2.82. The number of anilines is 1. The molecule has 0 radical (unpaired) electrons. The number of aryl methyl sites for hydroxylation is 1. The molecule has 0 aliphatic rings. The minimum absolute atomic E-state index is 0.139. The molecule has 0 aliphatic carbocycles. The number of fused-ring (bicyclic) bond motifs is 1. The topological polar surface area (TPSA) is 55.6 Å². The number of imidazole rings is 1. The Morgan fingerprint density at radius 1 is 1.14 bits per heavy atom. The van der Waals surface area contributed by atoms with Crippen molar-refractivity contribution in [1.82, 2.24) is 9.38 Å². The van der Waals surface area contributed by atoms with E-state index < -0.39 is 0 Å². The largest absolute Gasteiger partial charge is 0.427 e. The van der Waals surface area contributed by atoms with Gasteiger partial charge in [-0.3, -0.25) is 9.20 Å². The first-order chi connectivity index (χ1) is 13.5. The molecule has 0 aliphatic heterocycles. The summed E-state index contributed by atoms with van der Waals surface area (Å²) >= 11 is 0. The van der Waals surface area contributed by atoms with E-state index >= 15 is 0 Å². The van der Waals surface area contributed by atoms with E-state index in [1.807, 2.05) is 30.5 Å². The summed E-state index contributed by atoms with van der Waals surface area (Å²) in [6, 6.07) is 11.6. The lowest BCUT2D eigenvalue weighted by Gasteiger charge is -2.34. The van der Waals surface area contributed by atoms with Crippen molar-refractivity contribution in [1.29, 1.82) is 0 Å². The highest BCUT2D eigenvalue weighted by molar-refractivity contribution is 5.79. The lowest BCUT2D eigenvalue weighted by atomic mass is 9.82. The van der Waals surface area contributed by atoms with Gasteiger partial charge in [0, 0.05) is 24.2 Å². The van der Waals surface area contributed by atoms with Crippen molar-refractivity contribution >= 4 is 17.4 Å². The zero-order valence-electron chi connectivity index (χ0n) is 18.5. The van der Waals surface area contributed by atoms with Crippen molar-refractivity contribution in [3.05, 3.63) is 48.2 Å². The van der Waals surface area contributed by atoms with Crippen LogP contribution in [0.5, 0.6) is 5.75 Å². The predicted octanol–water partition coefficient (Wildman–Crippen LogP) is 5.86. The molecule has 0 saturated carbocycles. The number of benzene rings is 1. The van der Waals surface area contributed by atoms with Crippen molar-refractivity contribution in [3.8, 4) is 17.0 Å². The van der Waals surface area contributed by atoms with Crippen LogP contribution in [0.15, 0.2) is 42.6 Å². The van der Waals surface area contributed by atoms with Crippen LogP contribution in [0.25, 0.3) is 16.9 Å². The van der Waals surface area contributed by atoms with E-state index in [9.17, 15) is 4.79 Å². The monoisotopic (exact) mass is 393 g/mol. The molecule has 1 N–H and O–H groups in total. The van der Waals surface area contributed by atoms with E-state index in [1.165, 1.54) is 6.92 Å². The van der Waals surface area contributed by atoms with Crippen molar-refractivity contribution < 1.29 is 9.53 Å². The SMILES string of the molecule is CC(=O)Oc1cccc(-c2nc3c(C)cccn3c2NC(C)(C)CC(C)(C)C)c1. The van der Waals surface area contributed by atoms with E-state index in [-0.39, 0.29) is 16.9 Å². The van der Waals surface area contributed by atoms with Crippen LogP contribution in [0.3, 0.4) is 0 Å². The normalized spacial score (nSPS) is 12.2. The number of pyridine rings is 1. The molecule has 0 saturated heterocycles. The van der Waals surface area contributed by atoms with Gasteiger partial charge in [-0.15, -0.1) is 0 Å². The number of nitrogens with one attached hydrogen (secondary N) is 1. The molecule has 5 nitrogen and oxygen atoms in total. The summed E-state index contributed by atoms with van der Waals surface area (Å²) in [4.78, 5) is 16.3. The number of esters is 1. The van der Waals surface area contributed by atoms with Crippen molar-refractivity contribution in [2.45, 2.75) is 60.4 Å². The number of carbonyl (C=O) groups excluding carboxylic acids is 1. The van der Waals surface area contributed by atoms with Crippen molar-refractivity contribution in [2.75, 3.05) is 5.32 Å². The first-order valence-corrected chi connectivity index (χ1v) is 10.00. The summed E-state index contributed by atoms with van der Waals surface area (Å²) < 4.78 is 7.39.